The second-order valence-corrected chi connectivity index (χ2v) is 8.32. The first-order valence-electron chi connectivity index (χ1n) is 10.9. The number of hydrogen-bond donors (Lipinski definition) is 1. The van der Waals surface area contributed by atoms with Crippen LogP contribution in [0.2, 0.25) is 0 Å². The second-order valence-electron chi connectivity index (χ2n) is 8.32. The molecule has 3 rings (SSSR count). The number of rotatable bonds is 5. The van der Waals surface area contributed by atoms with Crippen LogP contribution in [0.25, 0.3) is 0 Å². The van der Waals surface area contributed by atoms with Crippen molar-refractivity contribution in [2.45, 2.75) is 52.4 Å². The monoisotopic (exact) mass is 385 g/mol. The standard InChI is InChI=1S/C23H35N3O2/c1-4-17-7-6-8-18(5-2)21(17)24-22(27)19-9-11-20(12-10-19)23(28)26-15-13-25(3)14-16-26/h6-8,19-20H,4-5,9-16H2,1-3H3,(H,24,27). The number of piperazine rings is 1. The van der Waals surface area contributed by atoms with Crippen LogP contribution < -0.4 is 5.32 Å². The highest BCUT2D eigenvalue weighted by molar-refractivity contribution is 5.94. The summed E-state index contributed by atoms with van der Waals surface area (Å²) in [5.74, 6) is 0.547. The number of anilines is 1. The predicted octanol–water partition coefficient (Wildman–Crippen LogP) is 3.33. The van der Waals surface area contributed by atoms with Crippen LogP contribution in [0.5, 0.6) is 0 Å². The molecule has 154 valence electrons. The molecule has 1 heterocycles. The van der Waals surface area contributed by atoms with Crippen LogP contribution in [0.4, 0.5) is 5.69 Å². The van der Waals surface area contributed by atoms with E-state index in [0.717, 1.165) is 70.4 Å². The van der Waals surface area contributed by atoms with E-state index >= 15 is 0 Å². The van der Waals surface area contributed by atoms with Crippen LogP contribution in [0.15, 0.2) is 18.2 Å². The van der Waals surface area contributed by atoms with Gasteiger partial charge in [0.2, 0.25) is 11.8 Å². The lowest BCUT2D eigenvalue weighted by molar-refractivity contribution is -0.139. The second kappa shape index (κ2) is 9.55. The maximum Gasteiger partial charge on any atom is 0.227 e. The van der Waals surface area contributed by atoms with Crippen LogP contribution in [-0.2, 0) is 22.4 Å². The molecule has 0 radical (unpaired) electrons. The minimum absolute atomic E-state index is 0.0196. The van der Waals surface area contributed by atoms with Gasteiger partial charge >= 0.3 is 0 Å². The fourth-order valence-corrected chi connectivity index (χ4v) is 4.52. The van der Waals surface area contributed by atoms with Crippen molar-refractivity contribution in [2.24, 2.45) is 11.8 Å². The van der Waals surface area contributed by atoms with Gasteiger partial charge in [-0.2, -0.15) is 0 Å². The molecule has 0 aromatic heterocycles. The Kier molecular flexibility index (Phi) is 7.11. The van der Waals surface area contributed by atoms with Crippen molar-refractivity contribution in [1.29, 1.82) is 0 Å². The third-order valence-electron chi connectivity index (χ3n) is 6.51. The summed E-state index contributed by atoms with van der Waals surface area (Å²) in [5, 5.41) is 3.22. The Hall–Kier alpha value is -1.88. The molecular weight excluding hydrogens is 350 g/mol. The lowest BCUT2D eigenvalue weighted by atomic mass is 9.80. The Morgan fingerprint density at radius 1 is 0.929 bits per heavy atom. The van der Waals surface area contributed by atoms with E-state index in [-0.39, 0.29) is 17.7 Å². The number of aryl methyl sites for hydroxylation is 2. The summed E-state index contributed by atoms with van der Waals surface area (Å²) in [6, 6.07) is 6.27. The van der Waals surface area contributed by atoms with Crippen LogP contribution in [-0.4, -0.2) is 54.8 Å². The molecule has 1 saturated carbocycles. The van der Waals surface area contributed by atoms with Gasteiger partial charge < -0.3 is 15.1 Å². The van der Waals surface area contributed by atoms with Crippen molar-refractivity contribution in [3.05, 3.63) is 29.3 Å². The van der Waals surface area contributed by atoms with E-state index in [9.17, 15) is 9.59 Å². The van der Waals surface area contributed by atoms with Crippen molar-refractivity contribution in [1.82, 2.24) is 9.80 Å². The zero-order valence-corrected chi connectivity index (χ0v) is 17.7. The van der Waals surface area contributed by atoms with Crippen LogP contribution >= 0.6 is 0 Å². The summed E-state index contributed by atoms with van der Waals surface area (Å²) in [6.45, 7) is 7.84. The van der Waals surface area contributed by atoms with Gasteiger partial charge in [0, 0.05) is 43.7 Å². The topological polar surface area (TPSA) is 52.7 Å². The molecule has 28 heavy (non-hydrogen) atoms. The molecule has 1 saturated heterocycles. The summed E-state index contributed by atoms with van der Waals surface area (Å²) >= 11 is 0. The highest BCUT2D eigenvalue weighted by Crippen LogP contribution is 2.32. The number of benzene rings is 1. The number of carbonyl (C=O) groups is 2. The van der Waals surface area contributed by atoms with Gasteiger partial charge in [-0.1, -0.05) is 32.0 Å². The van der Waals surface area contributed by atoms with Crippen LogP contribution in [0.1, 0.15) is 50.7 Å². The molecule has 1 N–H and O–H groups in total. The maximum atomic E-state index is 12.9. The van der Waals surface area contributed by atoms with Crippen molar-refractivity contribution >= 4 is 17.5 Å². The zero-order valence-electron chi connectivity index (χ0n) is 17.7. The summed E-state index contributed by atoms with van der Waals surface area (Å²) in [7, 11) is 2.10. The molecule has 1 aromatic carbocycles. The average molecular weight is 386 g/mol. The molecule has 2 amide bonds. The molecule has 0 spiro atoms. The normalized spacial score (nSPS) is 23.5. The van der Waals surface area contributed by atoms with Crippen molar-refractivity contribution < 1.29 is 9.59 Å². The molecule has 0 bridgehead atoms. The first-order valence-corrected chi connectivity index (χ1v) is 10.9. The Bertz CT molecular complexity index is 665. The van der Waals surface area contributed by atoms with E-state index in [2.05, 4.69) is 49.3 Å². The number of likely N-dealkylation sites (N-methyl/N-ethyl adjacent to an activating group) is 1. The first kappa shape index (κ1) is 20.8. The minimum atomic E-state index is 0.0196. The summed E-state index contributed by atoms with van der Waals surface area (Å²) in [5.41, 5.74) is 3.41. The minimum Gasteiger partial charge on any atom is -0.340 e. The van der Waals surface area contributed by atoms with E-state index in [0.29, 0.717) is 5.91 Å². The Morgan fingerprint density at radius 3 is 2.00 bits per heavy atom. The van der Waals surface area contributed by atoms with E-state index in [1.165, 1.54) is 11.1 Å². The van der Waals surface area contributed by atoms with E-state index in [1.54, 1.807) is 0 Å². The molecule has 2 fully saturated rings. The molecule has 0 unspecified atom stereocenters. The molecular formula is C23H35N3O2. The predicted molar refractivity (Wildman–Crippen MR) is 113 cm³/mol. The SMILES string of the molecule is CCc1cccc(CC)c1NC(=O)C1CCC(C(=O)N2CCN(C)CC2)CC1. The van der Waals surface area contributed by atoms with Gasteiger partial charge in [0.05, 0.1) is 0 Å². The van der Waals surface area contributed by atoms with Crippen LogP contribution in [0, 0.1) is 11.8 Å². The molecule has 1 aromatic rings. The molecule has 1 aliphatic carbocycles. The smallest absolute Gasteiger partial charge is 0.227 e. The maximum absolute atomic E-state index is 12.9. The average Bonchev–Trinajstić information content (AvgIpc) is 2.74. The van der Waals surface area contributed by atoms with Gasteiger partial charge in [-0.3, -0.25) is 9.59 Å². The molecule has 0 atom stereocenters. The Labute approximate surface area is 169 Å². The summed E-state index contributed by atoms with van der Waals surface area (Å²) in [4.78, 5) is 30.0. The van der Waals surface area contributed by atoms with E-state index < -0.39 is 0 Å². The number of nitrogens with one attached hydrogen (secondary N) is 1. The number of carbonyl (C=O) groups excluding carboxylic acids is 2. The molecule has 2 aliphatic rings. The molecule has 5 heteroatoms. The summed E-state index contributed by atoms with van der Waals surface area (Å²) in [6.07, 6.45) is 5.11. The van der Waals surface area contributed by atoms with E-state index in [4.69, 9.17) is 0 Å². The quantitative estimate of drug-likeness (QED) is 0.846. The van der Waals surface area contributed by atoms with Gasteiger partial charge in [-0.15, -0.1) is 0 Å². The van der Waals surface area contributed by atoms with Crippen molar-refractivity contribution in [3.8, 4) is 0 Å². The Balaban J connectivity index is 1.55. The fourth-order valence-electron chi connectivity index (χ4n) is 4.52. The van der Waals surface area contributed by atoms with Crippen molar-refractivity contribution in [2.75, 3.05) is 38.5 Å². The highest BCUT2D eigenvalue weighted by Gasteiger charge is 2.33. The van der Waals surface area contributed by atoms with Gasteiger partial charge in [0.15, 0.2) is 0 Å². The third kappa shape index (κ3) is 4.75. The number of amides is 2. The summed E-state index contributed by atoms with van der Waals surface area (Å²) < 4.78 is 0. The number of para-hydroxylation sites is 1. The van der Waals surface area contributed by atoms with Crippen LogP contribution in [0.3, 0.4) is 0 Å². The van der Waals surface area contributed by atoms with Gasteiger partial charge in [-0.25, -0.2) is 0 Å². The van der Waals surface area contributed by atoms with E-state index in [1.807, 2.05) is 4.90 Å². The van der Waals surface area contributed by atoms with Gasteiger partial charge in [0.1, 0.15) is 0 Å². The lowest BCUT2D eigenvalue weighted by Crippen LogP contribution is -2.49. The zero-order chi connectivity index (χ0) is 20.1. The largest absolute Gasteiger partial charge is 0.340 e. The van der Waals surface area contributed by atoms with Gasteiger partial charge in [-0.05, 0) is 56.7 Å². The molecule has 5 nitrogen and oxygen atoms in total. The first-order chi connectivity index (χ1) is 13.5. The molecule has 1 aliphatic heterocycles. The fraction of sp³-hybridized carbons (Fsp3) is 0.652. The number of hydrogen-bond acceptors (Lipinski definition) is 3. The lowest BCUT2D eigenvalue weighted by Gasteiger charge is -2.36. The number of nitrogens with zero attached hydrogens (tertiary/aromatic N) is 2. The highest BCUT2D eigenvalue weighted by atomic mass is 16.2. The third-order valence-corrected chi connectivity index (χ3v) is 6.51. The Morgan fingerprint density at radius 2 is 1.46 bits per heavy atom. The van der Waals surface area contributed by atoms with Crippen molar-refractivity contribution in [3.63, 3.8) is 0 Å². The van der Waals surface area contributed by atoms with Gasteiger partial charge in [0.25, 0.3) is 0 Å².